The summed E-state index contributed by atoms with van der Waals surface area (Å²) in [7, 11) is -2.60. The molecular weight excluding hydrogens is 416 g/mol. The molecule has 0 aliphatic carbocycles. The number of aromatic nitrogens is 2. The summed E-state index contributed by atoms with van der Waals surface area (Å²) in [5.74, 6) is -0.195. The van der Waals surface area contributed by atoms with Crippen LogP contribution in [0, 0.1) is 6.92 Å². The second kappa shape index (κ2) is 8.54. The number of sulfonamides is 1. The van der Waals surface area contributed by atoms with E-state index in [1.807, 2.05) is 6.92 Å². The Hall–Kier alpha value is -3.04. The number of nitrogens with one attached hydrogen (secondary N) is 2. The van der Waals surface area contributed by atoms with E-state index in [0.717, 1.165) is 5.56 Å². The van der Waals surface area contributed by atoms with E-state index in [9.17, 15) is 13.2 Å². The Bertz CT molecular complexity index is 1130. The molecule has 3 rings (SSSR count). The van der Waals surface area contributed by atoms with Gasteiger partial charge in [-0.05, 0) is 55.0 Å². The highest BCUT2D eigenvalue weighted by Crippen LogP contribution is 2.29. The van der Waals surface area contributed by atoms with Crippen LogP contribution < -0.4 is 14.8 Å². The maximum absolute atomic E-state index is 12.8. The Morgan fingerprint density at radius 3 is 2.48 bits per heavy atom. The molecule has 10 heteroatoms. The van der Waals surface area contributed by atoms with Gasteiger partial charge in [-0.3, -0.25) is 14.2 Å². The Morgan fingerprint density at radius 1 is 1.17 bits per heavy atom. The first-order valence-electron chi connectivity index (χ1n) is 8.52. The number of hydrogen-bond acceptors (Lipinski definition) is 5. The lowest BCUT2D eigenvalue weighted by Gasteiger charge is -2.14. The quantitative estimate of drug-likeness (QED) is 0.594. The smallest absolute Gasteiger partial charge is 0.265 e. The van der Waals surface area contributed by atoms with Gasteiger partial charge >= 0.3 is 0 Å². The number of carbonyl (C=O) groups is 1. The average molecular weight is 435 g/mol. The van der Waals surface area contributed by atoms with Gasteiger partial charge in [0, 0.05) is 22.6 Å². The molecule has 2 N–H and O–H groups in total. The molecule has 2 aromatic carbocycles. The minimum atomic E-state index is -3.97. The summed E-state index contributed by atoms with van der Waals surface area (Å²) < 4.78 is 34.8. The zero-order valence-electron chi connectivity index (χ0n) is 15.7. The Labute approximate surface area is 173 Å². The monoisotopic (exact) mass is 434 g/mol. The fourth-order valence-electron chi connectivity index (χ4n) is 2.59. The van der Waals surface area contributed by atoms with Gasteiger partial charge in [-0.25, -0.2) is 8.42 Å². The third kappa shape index (κ3) is 5.27. The normalized spacial score (nSPS) is 11.1. The van der Waals surface area contributed by atoms with Gasteiger partial charge in [0.25, 0.3) is 10.0 Å². The number of rotatable bonds is 7. The Kier molecular flexibility index (Phi) is 6.09. The van der Waals surface area contributed by atoms with Crippen LogP contribution in [0.5, 0.6) is 5.75 Å². The third-order valence-electron chi connectivity index (χ3n) is 3.90. The van der Waals surface area contributed by atoms with Crippen molar-refractivity contribution < 1.29 is 17.9 Å². The van der Waals surface area contributed by atoms with Crippen molar-refractivity contribution >= 4 is 38.9 Å². The first-order chi connectivity index (χ1) is 13.8. The van der Waals surface area contributed by atoms with E-state index < -0.39 is 10.0 Å². The largest absolute Gasteiger partial charge is 0.495 e. The van der Waals surface area contributed by atoms with E-state index in [-0.39, 0.29) is 23.1 Å². The van der Waals surface area contributed by atoms with E-state index in [4.69, 9.17) is 16.3 Å². The highest BCUT2D eigenvalue weighted by atomic mass is 35.5. The highest BCUT2D eigenvalue weighted by molar-refractivity contribution is 7.92. The predicted octanol–water partition coefficient (Wildman–Crippen LogP) is 3.29. The molecule has 29 heavy (non-hydrogen) atoms. The van der Waals surface area contributed by atoms with Gasteiger partial charge in [-0.2, -0.15) is 5.10 Å². The van der Waals surface area contributed by atoms with Gasteiger partial charge in [-0.1, -0.05) is 11.6 Å². The molecule has 3 aromatic rings. The molecule has 152 valence electrons. The number of benzene rings is 2. The van der Waals surface area contributed by atoms with Crippen molar-refractivity contribution in [2.45, 2.75) is 18.4 Å². The minimum absolute atomic E-state index is 0.00494. The molecule has 0 radical (unpaired) electrons. The number of ether oxygens (including phenoxy) is 1. The van der Waals surface area contributed by atoms with Crippen LogP contribution in [0.1, 0.15) is 5.56 Å². The number of nitrogens with zero attached hydrogens (tertiary/aromatic N) is 2. The summed E-state index contributed by atoms with van der Waals surface area (Å²) in [5.41, 5.74) is 1.60. The van der Waals surface area contributed by atoms with Crippen molar-refractivity contribution in [3.63, 3.8) is 0 Å². The summed E-state index contributed by atoms with van der Waals surface area (Å²) >= 11 is 5.83. The van der Waals surface area contributed by atoms with Crippen LogP contribution >= 0.6 is 11.6 Å². The second-order valence-corrected chi connectivity index (χ2v) is 8.33. The highest BCUT2D eigenvalue weighted by Gasteiger charge is 2.21. The van der Waals surface area contributed by atoms with Crippen molar-refractivity contribution in [1.82, 2.24) is 9.78 Å². The lowest BCUT2D eigenvalue weighted by Crippen LogP contribution is -2.20. The third-order valence-corrected chi connectivity index (χ3v) is 5.56. The minimum Gasteiger partial charge on any atom is -0.495 e. The van der Waals surface area contributed by atoms with Crippen LogP contribution in [0.3, 0.4) is 0 Å². The zero-order valence-corrected chi connectivity index (χ0v) is 17.3. The van der Waals surface area contributed by atoms with E-state index in [0.29, 0.717) is 16.4 Å². The number of hydrogen-bond donors (Lipinski definition) is 2. The van der Waals surface area contributed by atoms with E-state index >= 15 is 0 Å². The molecule has 0 saturated heterocycles. The van der Waals surface area contributed by atoms with Crippen molar-refractivity contribution in [2.75, 3.05) is 17.1 Å². The summed E-state index contributed by atoms with van der Waals surface area (Å²) in [6.45, 7) is 1.88. The SMILES string of the molecule is COc1ccc(NC(=O)Cn2cc(C)cn2)cc1S(=O)(=O)Nc1ccc(Cl)cc1. The lowest BCUT2D eigenvalue weighted by atomic mass is 10.3. The van der Waals surface area contributed by atoms with Crippen molar-refractivity contribution in [3.8, 4) is 5.75 Å². The molecule has 8 nitrogen and oxygen atoms in total. The summed E-state index contributed by atoms with van der Waals surface area (Å²) in [5, 5.41) is 7.21. The number of aryl methyl sites for hydroxylation is 1. The second-order valence-electron chi connectivity index (χ2n) is 6.24. The zero-order chi connectivity index (χ0) is 21.0. The number of halogens is 1. The molecule has 0 saturated carbocycles. The van der Waals surface area contributed by atoms with Gasteiger partial charge in [0.1, 0.15) is 17.2 Å². The van der Waals surface area contributed by atoms with Crippen LogP contribution in [0.2, 0.25) is 5.02 Å². The first-order valence-corrected chi connectivity index (χ1v) is 10.4. The summed E-state index contributed by atoms with van der Waals surface area (Å²) in [6, 6.07) is 10.6. The van der Waals surface area contributed by atoms with Crippen molar-refractivity contribution in [1.29, 1.82) is 0 Å². The van der Waals surface area contributed by atoms with Crippen molar-refractivity contribution in [2.24, 2.45) is 0 Å². The molecule has 1 heterocycles. The molecule has 0 unspecified atom stereocenters. The van der Waals surface area contributed by atoms with Crippen molar-refractivity contribution in [3.05, 3.63) is 65.4 Å². The van der Waals surface area contributed by atoms with Gasteiger partial charge in [-0.15, -0.1) is 0 Å². The van der Waals surface area contributed by atoms with Crippen LogP contribution in [-0.2, 0) is 21.4 Å². The van der Waals surface area contributed by atoms with Gasteiger partial charge < -0.3 is 10.1 Å². The summed E-state index contributed by atoms with van der Waals surface area (Å²) in [4.78, 5) is 12.1. The molecular formula is C19H19ClN4O4S. The molecule has 1 amide bonds. The summed E-state index contributed by atoms with van der Waals surface area (Å²) in [6.07, 6.45) is 3.38. The Balaban J connectivity index is 1.82. The molecule has 1 aromatic heterocycles. The topological polar surface area (TPSA) is 102 Å². The maximum atomic E-state index is 12.8. The van der Waals surface area contributed by atoms with Crippen LogP contribution in [0.4, 0.5) is 11.4 Å². The lowest BCUT2D eigenvalue weighted by molar-refractivity contribution is -0.116. The fraction of sp³-hybridized carbons (Fsp3) is 0.158. The predicted molar refractivity (Wildman–Crippen MR) is 111 cm³/mol. The number of amides is 1. The molecule has 0 spiro atoms. The molecule has 0 bridgehead atoms. The Morgan fingerprint density at radius 2 is 1.86 bits per heavy atom. The van der Waals surface area contributed by atoms with Crippen LogP contribution in [0.15, 0.2) is 59.8 Å². The average Bonchev–Trinajstić information content (AvgIpc) is 3.08. The van der Waals surface area contributed by atoms with Crippen LogP contribution in [0.25, 0.3) is 0 Å². The van der Waals surface area contributed by atoms with E-state index in [1.54, 1.807) is 42.7 Å². The van der Waals surface area contributed by atoms with Gasteiger partial charge in [0.15, 0.2) is 0 Å². The first kappa shape index (κ1) is 20.7. The molecule has 0 atom stereocenters. The van der Waals surface area contributed by atoms with E-state index in [1.165, 1.54) is 23.9 Å². The van der Waals surface area contributed by atoms with Crippen LogP contribution in [-0.4, -0.2) is 31.2 Å². The molecule has 0 fully saturated rings. The number of anilines is 2. The number of methoxy groups -OCH3 is 1. The van der Waals surface area contributed by atoms with Gasteiger partial charge in [0.2, 0.25) is 5.91 Å². The molecule has 0 aliphatic rings. The fourth-order valence-corrected chi connectivity index (χ4v) is 3.97. The molecule has 0 aliphatic heterocycles. The standard InChI is InChI=1S/C19H19ClN4O4S/c1-13-10-21-24(11-13)12-19(25)22-16-7-8-17(28-2)18(9-16)29(26,27)23-15-5-3-14(20)4-6-15/h3-11,23H,12H2,1-2H3,(H,22,25). The number of carbonyl (C=O) groups excluding carboxylic acids is 1. The maximum Gasteiger partial charge on any atom is 0.265 e. The van der Waals surface area contributed by atoms with E-state index in [2.05, 4.69) is 15.1 Å². The van der Waals surface area contributed by atoms with Gasteiger partial charge in [0.05, 0.1) is 13.3 Å².